The first-order valence-corrected chi connectivity index (χ1v) is 7.58. The Bertz CT molecular complexity index is 699. The minimum Gasteiger partial charge on any atom is -0.473 e. The van der Waals surface area contributed by atoms with Gasteiger partial charge in [0.15, 0.2) is 0 Å². The van der Waals surface area contributed by atoms with E-state index in [1.807, 2.05) is 13.0 Å². The van der Waals surface area contributed by atoms with Crippen LogP contribution >= 0.6 is 0 Å². The standard InChI is InChI=1S/C14H13F3N2O2.C3H8N2/c1-18-11-5-2-4-10(15)9(11)8-20-12-6-3-7-13(19-12)21-14(16)17;1-2-3-5-4/h2-7,14,18H,8H2,1H3;2-3,5H,4H2,1H3/b;3-2+. The van der Waals surface area contributed by atoms with Crippen LogP contribution in [0.25, 0.3) is 0 Å². The van der Waals surface area contributed by atoms with Crippen molar-refractivity contribution < 1.29 is 22.6 Å². The smallest absolute Gasteiger partial charge is 0.388 e. The Morgan fingerprint density at radius 2 is 1.88 bits per heavy atom. The van der Waals surface area contributed by atoms with E-state index in [0.29, 0.717) is 11.3 Å². The van der Waals surface area contributed by atoms with Crippen molar-refractivity contribution in [1.29, 1.82) is 0 Å². The first kappa shape index (κ1) is 21.1. The van der Waals surface area contributed by atoms with Crippen LogP contribution in [-0.2, 0) is 6.61 Å². The van der Waals surface area contributed by atoms with Crippen molar-refractivity contribution in [2.45, 2.75) is 20.1 Å². The number of hydrogen-bond donors (Lipinski definition) is 3. The normalized spacial score (nSPS) is 10.3. The van der Waals surface area contributed by atoms with E-state index in [1.165, 1.54) is 24.3 Å². The van der Waals surface area contributed by atoms with Crippen LogP contribution in [0.1, 0.15) is 12.5 Å². The first-order valence-electron chi connectivity index (χ1n) is 7.58. The van der Waals surface area contributed by atoms with Gasteiger partial charge in [-0.3, -0.25) is 5.84 Å². The minimum atomic E-state index is -2.96. The Morgan fingerprint density at radius 3 is 2.46 bits per heavy atom. The molecular formula is C17H21F3N4O2. The number of nitrogens with zero attached hydrogens (tertiary/aromatic N) is 1. The van der Waals surface area contributed by atoms with E-state index < -0.39 is 12.4 Å². The molecule has 2 rings (SSSR count). The first-order chi connectivity index (χ1) is 12.5. The summed E-state index contributed by atoms with van der Waals surface area (Å²) in [7, 11) is 1.66. The number of nitrogens with two attached hydrogens (primary N) is 1. The number of anilines is 1. The van der Waals surface area contributed by atoms with Crippen LogP contribution < -0.4 is 26.1 Å². The predicted octanol–water partition coefficient (Wildman–Crippen LogP) is 3.43. The third kappa shape index (κ3) is 7.31. The van der Waals surface area contributed by atoms with Crippen LogP contribution in [0.3, 0.4) is 0 Å². The molecule has 26 heavy (non-hydrogen) atoms. The van der Waals surface area contributed by atoms with Crippen LogP contribution in [0.4, 0.5) is 18.9 Å². The number of allylic oxidation sites excluding steroid dienone is 1. The number of halogens is 3. The molecule has 0 atom stereocenters. The average molecular weight is 370 g/mol. The number of hydrogen-bond acceptors (Lipinski definition) is 6. The molecule has 4 N–H and O–H groups in total. The lowest BCUT2D eigenvalue weighted by Gasteiger charge is -2.11. The van der Waals surface area contributed by atoms with Gasteiger partial charge in [-0.15, -0.1) is 0 Å². The van der Waals surface area contributed by atoms with Gasteiger partial charge in [-0.1, -0.05) is 18.2 Å². The van der Waals surface area contributed by atoms with Gasteiger partial charge >= 0.3 is 6.61 Å². The lowest BCUT2D eigenvalue weighted by molar-refractivity contribution is -0.0531. The summed E-state index contributed by atoms with van der Waals surface area (Å²) in [5, 5.41) is 2.85. The van der Waals surface area contributed by atoms with Gasteiger partial charge in [0.05, 0.1) is 0 Å². The fraction of sp³-hybridized carbons (Fsp3) is 0.235. The number of pyridine rings is 1. The van der Waals surface area contributed by atoms with Crippen LogP contribution in [0, 0.1) is 5.82 Å². The summed E-state index contributed by atoms with van der Waals surface area (Å²) in [4.78, 5) is 3.75. The third-order valence-corrected chi connectivity index (χ3v) is 2.92. The van der Waals surface area contributed by atoms with Gasteiger partial charge in [0.2, 0.25) is 11.8 Å². The van der Waals surface area contributed by atoms with Gasteiger partial charge in [0, 0.05) is 36.6 Å². The van der Waals surface area contributed by atoms with E-state index in [2.05, 4.69) is 20.5 Å². The SMILES string of the molecule is C/C=C/NN.CNc1cccc(F)c1COc1cccc(OC(F)F)n1. The van der Waals surface area contributed by atoms with E-state index in [4.69, 9.17) is 10.6 Å². The predicted molar refractivity (Wildman–Crippen MR) is 93.3 cm³/mol. The minimum absolute atomic E-state index is 0.0680. The van der Waals surface area contributed by atoms with Gasteiger partial charge in [-0.2, -0.15) is 13.8 Å². The molecular weight excluding hydrogens is 349 g/mol. The fourth-order valence-electron chi connectivity index (χ4n) is 1.82. The topological polar surface area (TPSA) is 81.4 Å². The summed E-state index contributed by atoms with van der Waals surface area (Å²) >= 11 is 0. The highest BCUT2D eigenvalue weighted by Crippen LogP contribution is 2.21. The van der Waals surface area contributed by atoms with E-state index in [9.17, 15) is 13.2 Å². The number of nitrogens with one attached hydrogen (secondary N) is 2. The zero-order valence-electron chi connectivity index (χ0n) is 14.4. The molecule has 0 saturated heterocycles. The van der Waals surface area contributed by atoms with Crippen molar-refractivity contribution in [3.05, 3.63) is 60.1 Å². The maximum absolute atomic E-state index is 13.7. The molecule has 6 nitrogen and oxygen atoms in total. The van der Waals surface area contributed by atoms with E-state index in [1.54, 1.807) is 25.4 Å². The Morgan fingerprint density at radius 1 is 1.19 bits per heavy atom. The molecule has 0 unspecified atom stereocenters. The molecule has 142 valence electrons. The number of hydrazine groups is 1. The third-order valence-electron chi connectivity index (χ3n) is 2.92. The Kier molecular flexibility index (Phi) is 9.40. The van der Waals surface area contributed by atoms with Crippen LogP contribution in [0.2, 0.25) is 0 Å². The molecule has 0 spiro atoms. The van der Waals surface area contributed by atoms with Crippen molar-refractivity contribution in [3.63, 3.8) is 0 Å². The number of aromatic nitrogens is 1. The van der Waals surface area contributed by atoms with Crippen molar-refractivity contribution in [3.8, 4) is 11.8 Å². The van der Waals surface area contributed by atoms with Crippen molar-refractivity contribution in [1.82, 2.24) is 10.4 Å². The summed E-state index contributed by atoms with van der Waals surface area (Å²) in [6, 6.07) is 8.79. The highest BCUT2D eigenvalue weighted by molar-refractivity contribution is 5.51. The fourth-order valence-corrected chi connectivity index (χ4v) is 1.82. The molecule has 0 aliphatic heterocycles. The van der Waals surface area contributed by atoms with Crippen molar-refractivity contribution in [2.75, 3.05) is 12.4 Å². The Hall–Kier alpha value is -2.94. The van der Waals surface area contributed by atoms with E-state index in [0.717, 1.165) is 0 Å². The Balaban J connectivity index is 0.000000597. The molecule has 0 fully saturated rings. The van der Waals surface area contributed by atoms with Crippen LogP contribution in [-0.4, -0.2) is 18.6 Å². The highest BCUT2D eigenvalue weighted by atomic mass is 19.3. The van der Waals surface area contributed by atoms with Crippen molar-refractivity contribution in [2.24, 2.45) is 5.84 Å². The van der Waals surface area contributed by atoms with Crippen molar-refractivity contribution >= 4 is 5.69 Å². The molecule has 9 heteroatoms. The summed E-state index contributed by atoms with van der Waals surface area (Å²) in [6.07, 6.45) is 3.47. The number of ether oxygens (including phenoxy) is 2. The number of alkyl halides is 2. The lowest BCUT2D eigenvalue weighted by Crippen LogP contribution is -2.12. The second-order valence-electron chi connectivity index (χ2n) is 4.66. The van der Waals surface area contributed by atoms with Gasteiger partial charge in [-0.25, -0.2) is 4.39 Å². The van der Waals surface area contributed by atoms with Gasteiger partial charge in [0.1, 0.15) is 12.4 Å². The van der Waals surface area contributed by atoms with E-state index >= 15 is 0 Å². The molecule has 1 heterocycles. The van der Waals surface area contributed by atoms with Crippen LogP contribution in [0.5, 0.6) is 11.8 Å². The molecule has 0 saturated carbocycles. The largest absolute Gasteiger partial charge is 0.473 e. The summed E-state index contributed by atoms with van der Waals surface area (Å²) in [5.41, 5.74) is 3.24. The molecule has 0 amide bonds. The quantitative estimate of drug-likeness (QED) is 0.512. The molecule has 2 aromatic rings. The second-order valence-corrected chi connectivity index (χ2v) is 4.66. The molecule has 0 radical (unpaired) electrons. The molecule has 0 aliphatic rings. The monoisotopic (exact) mass is 370 g/mol. The lowest BCUT2D eigenvalue weighted by atomic mass is 10.2. The van der Waals surface area contributed by atoms with Crippen LogP contribution in [0.15, 0.2) is 48.7 Å². The van der Waals surface area contributed by atoms with Gasteiger partial charge in [0.25, 0.3) is 0 Å². The van der Waals surface area contributed by atoms with Gasteiger partial charge < -0.3 is 20.2 Å². The maximum Gasteiger partial charge on any atom is 0.388 e. The second kappa shape index (κ2) is 11.6. The summed E-state index contributed by atoms with van der Waals surface area (Å²) in [5.74, 6) is 4.18. The zero-order valence-corrected chi connectivity index (χ0v) is 14.4. The molecule has 0 aliphatic carbocycles. The summed E-state index contributed by atoms with van der Waals surface area (Å²) < 4.78 is 47.4. The molecule has 1 aromatic heterocycles. The van der Waals surface area contributed by atoms with Gasteiger partial charge in [-0.05, 0) is 19.1 Å². The average Bonchev–Trinajstić information content (AvgIpc) is 2.61. The van der Waals surface area contributed by atoms with E-state index in [-0.39, 0.29) is 18.4 Å². The maximum atomic E-state index is 13.7. The molecule has 1 aromatic carbocycles. The molecule has 0 bridgehead atoms. The Labute approximate surface area is 149 Å². The number of benzene rings is 1. The summed E-state index contributed by atoms with van der Waals surface area (Å²) in [6.45, 7) is -1.16. The highest BCUT2D eigenvalue weighted by Gasteiger charge is 2.10. The number of rotatable bonds is 7. The zero-order chi connectivity index (χ0) is 19.4.